The number of nitrogens with one attached hydrogen (secondary N) is 1. The molecule has 1 saturated heterocycles. The van der Waals surface area contributed by atoms with Crippen LogP contribution in [0.1, 0.15) is 6.42 Å². The summed E-state index contributed by atoms with van der Waals surface area (Å²) in [6, 6.07) is 7.99. The monoisotopic (exact) mass is 391 g/mol. The van der Waals surface area contributed by atoms with Crippen LogP contribution in [0, 0.1) is 0 Å². The highest BCUT2D eigenvalue weighted by molar-refractivity contribution is 6.08. The minimum Gasteiger partial charge on any atom is -0.382 e. The molecule has 0 bridgehead atoms. The number of ether oxygens (including phenoxy) is 1. The van der Waals surface area contributed by atoms with E-state index in [1.54, 1.807) is 15.8 Å². The predicted molar refractivity (Wildman–Crippen MR) is 109 cm³/mol. The molecule has 3 aromatic heterocycles. The van der Waals surface area contributed by atoms with E-state index in [1.165, 1.54) is 0 Å². The number of aromatic amines is 1. The topological polar surface area (TPSA) is 115 Å². The highest BCUT2D eigenvalue weighted by Crippen LogP contribution is 2.30. The van der Waals surface area contributed by atoms with Gasteiger partial charge >= 0.3 is 0 Å². The number of hydrogen-bond donors (Lipinski definition) is 2. The fourth-order valence-electron chi connectivity index (χ4n) is 3.79. The van der Waals surface area contributed by atoms with Crippen molar-refractivity contribution in [3.63, 3.8) is 0 Å². The number of rotatable bonds is 4. The van der Waals surface area contributed by atoms with Gasteiger partial charge in [0.1, 0.15) is 12.1 Å². The Labute approximate surface area is 166 Å². The zero-order valence-corrected chi connectivity index (χ0v) is 16.0. The van der Waals surface area contributed by atoms with Gasteiger partial charge in [0, 0.05) is 42.4 Å². The van der Waals surface area contributed by atoms with Gasteiger partial charge < -0.3 is 15.4 Å². The Kier molecular flexibility index (Phi) is 4.17. The minimum absolute atomic E-state index is 0.00864. The first-order chi connectivity index (χ1) is 14.1. The van der Waals surface area contributed by atoms with Gasteiger partial charge in [-0.1, -0.05) is 12.1 Å². The maximum Gasteiger partial charge on any atom is 0.244 e. The van der Waals surface area contributed by atoms with Crippen molar-refractivity contribution in [1.29, 1.82) is 0 Å². The van der Waals surface area contributed by atoms with E-state index in [4.69, 9.17) is 10.5 Å². The smallest absolute Gasteiger partial charge is 0.244 e. The van der Waals surface area contributed by atoms with E-state index in [0.29, 0.717) is 24.5 Å². The molecular formula is C20H21N7O2. The van der Waals surface area contributed by atoms with E-state index in [9.17, 15) is 4.79 Å². The Bertz CT molecular complexity index is 1190. The molecule has 1 fully saturated rings. The van der Waals surface area contributed by atoms with Crippen molar-refractivity contribution >= 4 is 33.5 Å². The van der Waals surface area contributed by atoms with Crippen molar-refractivity contribution < 1.29 is 9.53 Å². The highest BCUT2D eigenvalue weighted by atomic mass is 16.5. The van der Waals surface area contributed by atoms with E-state index in [1.807, 2.05) is 37.5 Å². The maximum atomic E-state index is 12.7. The average Bonchev–Trinajstić information content (AvgIpc) is 3.48. The van der Waals surface area contributed by atoms with Crippen LogP contribution in [0.3, 0.4) is 0 Å². The minimum atomic E-state index is -0.00864. The molecule has 0 spiro atoms. The second-order valence-electron chi connectivity index (χ2n) is 7.31. The van der Waals surface area contributed by atoms with Gasteiger partial charge in [0.05, 0.1) is 23.9 Å². The molecule has 0 radical (unpaired) electrons. The third-order valence-corrected chi connectivity index (χ3v) is 5.49. The number of aromatic nitrogens is 5. The Morgan fingerprint density at radius 2 is 2.28 bits per heavy atom. The molecule has 0 saturated carbocycles. The summed E-state index contributed by atoms with van der Waals surface area (Å²) in [5.74, 6) is 0.337. The fraction of sp³-hybridized carbons (Fsp3) is 0.300. The predicted octanol–water partition coefficient (Wildman–Crippen LogP) is 1.80. The van der Waals surface area contributed by atoms with Gasteiger partial charge in [0.2, 0.25) is 5.91 Å². The Morgan fingerprint density at radius 3 is 3.03 bits per heavy atom. The fourth-order valence-corrected chi connectivity index (χ4v) is 3.79. The van der Waals surface area contributed by atoms with E-state index >= 15 is 0 Å². The summed E-state index contributed by atoms with van der Waals surface area (Å²) in [5, 5.41) is 13.3. The number of H-pyrrole nitrogens is 1. The SMILES string of the molecule is CN(C(=O)Cn1cc2c(n1)c(N)nc1cc(-c3ccn[nH]3)ccc12)[C@H]1CCOC1. The van der Waals surface area contributed by atoms with Crippen molar-refractivity contribution in [3.8, 4) is 11.3 Å². The average molecular weight is 391 g/mol. The van der Waals surface area contributed by atoms with Crippen LogP contribution in [0.4, 0.5) is 5.82 Å². The van der Waals surface area contributed by atoms with E-state index in [0.717, 1.165) is 34.0 Å². The molecule has 1 aromatic carbocycles. The zero-order chi connectivity index (χ0) is 20.0. The van der Waals surface area contributed by atoms with Gasteiger partial charge in [-0.3, -0.25) is 14.6 Å². The van der Waals surface area contributed by atoms with Crippen molar-refractivity contribution in [3.05, 3.63) is 36.7 Å². The molecule has 0 aliphatic carbocycles. The molecule has 1 aliphatic rings. The number of amides is 1. The highest BCUT2D eigenvalue weighted by Gasteiger charge is 2.24. The summed E-state index contributed by atoms with van der Waals surface area (Å²) in [4.78, 5) is 18.9. The van der Waals surface area contributed by atoms with E-state index in [2.05, 4.69) is 20.3 Å². The number of carbonyl (C=O) groups excluding carboxylic acids is 1. The maximum absolute atomic E-state index is 12.7. The molecule has 148 valence electrons. The molecule has 1 amide bonds. The van der Waals surface area contributed by atoms with Crippen molar-refractivity contribution in [2.24, 2.45) is 0 Å². The summed E-state index contributed by atoms with van der Waals surface area (Å²) < 4.78 is 7.02. The number of fused-ring (bicyclic) bond motifs is 3. The van der Waals surface area contributed by atoms with Gasteiger partial charge in [-0.2, -0.15) is 10.2 Å². The Morgan fingerprint density at radius 1 is 1.38 bits per heavy atom. The van der Waals surface area contributed by atoms with Crippen molar-refractivity contribution in [2.45, 2.75) is 19.0 Å². The van der Waals surface area contributed by atoms with Crippen LogP contribution in [0.2, 0.25) is 0 Å². The van der Waals surface area contributed by atoms with Gasteiger partial charge in [0.15, 0.2) is 5.82 Å². The van der Waals surface area contributed by atoms with Gasteiger partial charge in [-0.15, -0.1) is 0 Å². The number of nitrogens with two attached hydrogens (primary N) is 1. The Balaban J connectivity index is 1.49. The number of hydrogen-bond acceptors (Lipinski definition) is 6. The second kappa shape index (κ2) is 6.85. The van der Waals surface area contributed by atoms with Crippen LogP contribution in [-0.4, -0.2) is 62.1 Å². The van der Waals surface area contributed by atoms with Gasteiger partial charge in [-0.05, 0) is 18.6 Å². The number of nitrogens with zero attached hydrogens (tertiary/aromatic N) is 5. The standard InChI is InChI=1S/C20H21N7O2/c1-26(13-5-7-29-11-13)18(28)10-27-9-15-14-3-2-12(16-4-6-22-24-16)8-17(14)23-20(21)19(15)25-27/h2-4,6,8-9,13H,5,7,10-11H2,1H3,(H2,21,23)(H,22,24)/t13-/m0/s1. The largest absolute Gasteiger partial charge is 0.382 e. The molecule has 4 heterocycles. The van der Waals surface area contributed by atoms with E-state index in [-0.39, 0.29) is 18.5 Å². The number of nitrogen functional groups attached to an aromatic ring is 1. The first-order valence-corrected chi connectivity index (χ1v) is 9.49. The lowest BCUT2D eigenvalue weighted by Crippen LogP contribution is -2.39. The molecule has 9 nitrogen and oxygen atoms in total. The van der Waals surface area contributed by atoms with Crippen LogP contribution in [0.5, 0.6) is 0 Å². The van der Waals surface area contributed by atoms with Crippen LogP contribution < -0.4 is 5.73 Å². The molecule has 9 heteroatoms. The van der Waals surface area contributed by atoms with Crippen molar-refractivity contribution in [2.75, 3.05) is 26.0 Å². The molecular weight excluding hydrogens is 370 g/mol. The van der Waals surface area contributed by atoms with Crippen LogP contribution >= 0.6 is 0 Å². The van der Waals surface area contributed by atoms with Crippen LogP contribution in [-0.2, 0) is 16.1 Å². The third-order valence-electron chi connectivity index (χ3n) is 5.49. The van der Waals surface area contributed by atoms with Crippen LogP contribution in [0.25, 0.3) is 33.1 Å². The van der Waals surface area contributed by atoms with Crippen molar-refractivity contribution in [1.82, 2.24) is 29.9 Å². The normalized spacial score (nSPS) is 16.7. The molecule has 5 rings (SSSR count). The number of benzene rings is 1. The van der Waals surface area contributed by atoms with Gasteiger partial charge in [0.25, 0.3) is 0 Å². The number of likely N-dealkylation sites (N-methyl/N-ethyl adjacent to an activating group) is 1. The summed E-state index contributed by atoms with van der Waals surface area (Å²) in [6.07, 6.45) is 4.44. The quantitative estimate of drug-likeness (QED) is 0.548. The third kappa shape index (κ3) is 3.09. The summed E-state index contributed by atoms with van der Waals surface area (Å²) in [6.45, 7) is 1.43. The Hall–Kier alpha value is -3.46. The summed E-state index contributed by atoms with van der Waals surface area (Å²) >= 11 is 0. The summed E-state index contributed by atoms with van der Waals surface area (Å²) in [7, 11) is 1.81. The lowest BCUT2D eigenvalue weighted by Gasteiger charge is -2.23. The molecule has 1 atom stereocenters. The van der Waals surface area contributed by atoms with E-state index < -0.39 is 0 Å². The number of carbonyl (C=O) groups is 1. The first-order valence-electron chi connectivity index (χ1n) is 9.49. The molecule has 4 aromatic rings. The van der Waals surface area contributed by atoms with Gasteiger partial charge in [-0.25, -0.2) is 4.98 Å². The second-order valence-corrected chi connectivity index (χ2v) is 7.31. The number of pyridine rings is 1. The lowest BCUT2D eigenvalue weighted by molar-refractivity contribution is -0.132. The molecule has 1 aliphatic heterocycles. The molecule has 29 heavy (non-hydrogen) atoms. The number of anilines is 1. The summed E-state index contributed by atoms with van der Waals surface area (Å²) in [5.41, 5.74) is 9.44. The first kappa shape index (κ1) is 17.6. The molecule has 3 N–H and O–H groups in total. The van der Waals surface area contributed by atoms with Crippen LogP contribution in [0.15, 0.2) is 36.7 Å². The molecule has 0 unspecified atom stereocenters. The lowest BCUT2D eigenvalue weighted by atomic mass is 10.1. The zero-order valence-electron chi connectivity index (χ0n) is 16.0.